The van der Waals surface area contributed by atoms with Crippen LogP contribution in [0.4, 0.5) is 17.6 Å². The standard InChI is InChI=1S/C41H51F4N5O2S/c1-38(2,3)28(21-31(51)25-13-17-40(42,43)18-14-25)35-46-22-29(48-35)24-7-9-26(10-8-24)32-11-12-33(53-32)30-23-47-36(49-30)34(39(4,5)6)50-37(52)27-15-19-41(44,45)20-16-27/h7-12,22-23,25,27-28,34H,13-21H2,1-6H3,(H,46,48)(H,47,49)(H,50,52)/t28-,34-/m1/s1. The summed E-state index contributed by atoms with van der Waals surface area (Å²) in [7, 11) is 0. The lowest BCUT2D eigenvalue weighted by Gasteiger charge is -2.33. The number of hydrogen-bond donors (Lipinski definition) is 3. The number of Topliss-reactive ketones (excluding diaryl/α,β-unsaturated/α-hetero) is 1. The smallest absolute Gasteiger partial charge is 0.248 e. The van der Waals surface area contributed by atoms with Crippen LogP contribution in [0.5, 0.6) is 0 Å². The number of hydrogen-bond acceptors (Lipinski definition) is 5. The van der Waals surface area contributed by atoms with E-state index in [1.54, 1.807) is 23.7 Å². The topological polar surface area (TPSA) is 104 Å². The molecule has 0 saturated heterocycles. The lowest BCUT2D eigenvalue weighted by molar-refractivity contribution is -0.131. The third-order valence-corrected chi connectivity index (χ3v) is 12.2. The van der Waals surface area contributed by atoms with Gasteiger partial charge in [0.15, 0.2) is 0 Å². The summed E-state index contributed by atoms with van der Waals surface area (Å²) in [6.45, 7) is 12.3. The molecule has 7 nitrogen and oxygen atoms in total. The van der Waals surface area contributed by atoms with Gasteiger partial charge < -0.3 is 15.3 Å². The van der Waals surface area contributed by atoms with Crippen molar-refractivity contribution in [2.24, 2.45) is 22.7 Å². The first-order valence-corrected chi connectivity index (χ1v) is 19.5. The van der Waals surface area contributed by atoms with Gasteiger partial charge in [-0.2, -0.15) is 0 Å². The van der Waals surface area contributed by atoms with Gasteiger partial charge in [0.25, 0.3) is 0 Å². The number of nitrogens with one attached hydrogen (secondary N) is 3. The van der Waals surface area contributed by atoms with Crippen LogP contribution in [0.3, 0.4) is 0 Å². The number of nitrogens with zero attached hydrogens (tertiary/aromatic N) is 2. The van der Waals surface area contributed by atoms with E-state index in [9.17, 15) is 27.2 Å². The molecule has 286 valence electrons. The molecule has 4 aromatic rings. The molecule has 2 aliphatic rings. The summed E-state index contributed by atoms with van der Waals surface area (Å²) in [6.07, 6.45) is 3.67. The number of benzene rings is 1. The molecule has 3 heterocycles. The average molecular weight is 754 g/mol. The Morgan fingerprint density at radius 3 is 1.83 bits per heavy atom. The van der Waals surface area contributed by atoms with Gasteiger partial charge in [0, 0.05) is 54.7 Å². The van der Waals surface area contributed by atoms with Crippen molar-refractivity contribution < 1.29 is 27.2 Å². The Balaban J connectivity index is 1.12. The molecule has 0 unspecified atom stereocenters. The van der Waals surface area contributed by atoms with Crippen LogP contribution in [0.2, 0.25) is 0 Å². The van der Waals surface area contributed by atoms with Crippen LogP contribution in [0.15, 0.2) is 48.8 Å². The molecule has 0 spiro atoms. The van der Waals surface area contributed by atoms with Gasteiger partial charge in [-0.3, -0.25) is 9.59 Å². The van der Waals surface area contributed by atoms with Gasteiger partial charge >= 0.3 is 0 Å². The quantitative estimate of drug-likeness (QED) is 0.140. The molecule has 12 heteroatoms. The highest BCUT2D eigenvalue weighted by atomic mass is 32.1. The van der Waals surface area contributed by atoms with Crippen molar-refractivity contribution in [2.75, 3.05) is 0 Å². The highest BCUT2D eigenvalue weighted by molar-refractivity contribution is 7.18. The van der Waals surface area contributed by atoms with E-state index in [-0.39, 0.29) is 92.1 Å². The zero-order valence-electron chi connectivity index (χ0n) is 31.4. The molecular formula is C41H51F4N5O2S. The minimum Gasteiger partial charge on any atom is -0.345 e. The van der Waals surface area contributed by atoms with Crippen LogP contribution < -0.4 is 5.32 Å². The Morgan fingerprint density at radius 2 is 1.25 bits per heavy atom. The number of alkyl halides is 4. The van der Waals surface area contributed by atoms with Gasteiger partial charge in [0.05, 0.1) is 34.7 Å². The maximum absolute atomic E-state index is 13.7. The molecule has 6 rings (SSSR count). The third kappa shape index (κ3) is 9.30. The molecule has 53 heavy (non-hydrogen) atoms. The van der Waals surface area contributed by atoms with Gasteiger partial charge in [-0.1, -0.05) is 65.8 Å². The van der Waals surface area contributed by atoms with Crippen molar-refractivity contribution in [3.05, 3.63) is 60.4 Å². The van der Waals surface area contributed by atoms with Gasteiger partial charge in [0.1, 0.15) is 17.4 Å². The Hall–Kier alpha value is -3.80. The van der Waals surface area contributed by atoms with Crippen molar-refractivity contribution in [3.63, 3.8) is 0 Å². The summed E-state index contributed by atoms with van der Waals surface area (Å²) >= 11 is 1.61. The van der Waals surface area contributed by atoms with Crippen molar-refractivity contribution in [1.82, 2.24) is 25.3 Å². The molecule has 2 saturated carbocycles. The number of amides is 1. The van der Waals surface area contributed by atoms with Crippen LogP contribution in [-0.4, -0.2) is 43.5 Å². The number of H-pyrrole nitrogens is 2. The summed E-state index contributed by atoms with van der Waals surface area (Å²) in [6, 6.07) is 11.8. The number of rotatable bonds is 10. The Labute approximate surface area is 313 Å². The van der Waals surface area contributed by atoms with Crippen molar-refractivity contribution in [1.29, 1.82) is 0 Å². The number of carbonyl (C=O) groups excluding carboxylic acids is 2. The lowest BCUT2D eigenvalue weighted by Crippen LogP contribution is -2.42. The number of imidazole rings is 2. The van der Waals surface area contributed by atoms with E-state index in [2.05, 4.69) is 64.2 Å². The Kier molecular flexibility index (Phi) is 10.9. The molecule has 3 aromatic heterocycles. The number of carbonyl (C=O) groups is 2. The number of ketones is 1. The summed E-state index contributed by atoms with van der Waals surface area (Å²) in [5, 5.41) is 3.10. The van der Waals surface area contributed by atoms with Gasteiger partial charge in [-0.05, 0) is 59.8 Å². The molecule has 1 aromatic carbocycles. The second-order valence-electron chi connectivity index (χ2n) is 17.3. The number of thiophene rings is 1. The molecule has 0 radical (unpaired) electrons. The van der Waals surface area contributed by atoms with Crippen molar-refractivity contribution in [3.8, 4) is 32.3 Å². The van der Waals surface area contributed by atoms with Crippen LogP contribution in [0.1, 0.15) is 123 Å². The largest absolute Gasteiger partial charge is 0.345 e. The minimum atomic E-state index is -2.69. The first-order valence-electron chi connectivity index (χ1n) is 18.7. The van der Waals surface area contributed by atoms with E-state index in [1.807, 2.05) is 39.0 Å². The monoisotopic (exact) mass is 753 g/mol. The average Bonchev–Trinajstić information content (AvgIpc) is 3.86. The zero-order chi connectivity index (χ0) is 38.3. The maximum Gasteiger partial charge on any atom is 0.248 e. The van der Waals surface area contributed by atoms with E-state index in [0.29, 0.717) is 5.82 Å². The highest BCUT2D eigenvalue weighted by Crippen LogP contribution is 2.43. The molecule has 1 amide bonds. The van der Waals surface area contributed by atoms with E-state index < -0.39 is 23.8 Å². The predicted octanol–water partition coefficient (Wildman–Crippen LogP) is 11.1. The van der Waals surface area contributed by atoms with Crippen molar-refractivity contribution >= 4 is 23.0 Å². The first kappa shape index (κ1) is 38.9. The fourth-order valence-corrected chi connectivity index (χ4v) is 8.50. The van der Waals surface area contributed by atoms with Crippen LogP contribution in [-0.2, 0) is 9.59 Å². The second kappa shape index (κ2) is 14.8. The number of aromatic amines is 2. The normalized spacial score (nSPS) is 19.5. The van der Waals surface area contributed by atoms with E-state index in [1.165, 1.54) is 0 Å². The molecule has 2 aliphatic carbocycles. The number of aromatic nitrogens is 4. The molecule has 2 fully saturated rings. The van der Waals surface area contributed by atoms with E-state index >= 15 is 0 Å². The van der Waals surface area contributed by atoms with Crippen LogP contribution in [0, 0.1) is 22.7 Å². The lowest BCUT2D eigenvalue weighted by atomic mass is 9.74. The predicted molar refractivity (Wildman–Crippen MR) is 201 cm³/mol. The summed E-state index contributed by atoms with van der Waals surface area (Å²) < 4.78 is 54.8. The first-order chi connectivity index (χ1) is 24.8. The SMILES string of the molecule is CC(C)(C)[C@H](CC(=O)C1CCC(F)(F)CC1)c1ncc(-c2ccc(-c3ccc(-c4cnc([C@@H](NC(=O)C5CCC(F)(F)CC5)C(C)(C)C)[nH]4)s3)cc2)[nH]1. The van der Waals surface area contributed by atoms with Gasteiger partial charge in [0.2, 0.25) is 17.8 Å². The zero-order valence-corrected chi connectivity index (χ0v) is 32.2. The van der Waals surface area contributed by atoms with E-state index in [4.69, 9.17) is 0 Å². The third-order valence-electron chi connectivity index (χ3n) is 11.0. The van der Waals surface area contributed by atoms with E-state index in [0.717, 1.165) is 38.1 Å². The maximum atomic E-state index is 13.7. The van der Waals surface area contributed by atoms with Gasteiger partial charge in [-0.25, -0.2) is 27.5 Å². The second-order valence-corrected chi connectivity index (χ2v) is 18.3. The summed E-state index contributed by atoms with van der Waals surface area (Å²) in [5.41, 5.74) is 3.02. The minimum absolute atomic E-state index is 0.0385. The number of halogens is 4. The Bertz CT molecular complexity index is 1880. The van der Waals surface area contributed by atoms with Crippen molar-refractivity contribution in [2.45, 2.75) is 123 Å². The summed E-state index contributed by atoms with van der Waals surface area (Å²) in [5.74, 6) is -5.11. The summed E-state index contributed by atoms with van der Waals surface area (Å²) in [4.78, 5) is 44.6. The van der Waals surface area contributed by atoms with Crippen LogP contribution >= 0.6 is 11.3 Å². The molecule has 0 aliphatic heterocycles. The molecule has 0 bridgehead atoms. The Morgan fingerprint density at radius 1 is 0.736 bits per heavy atom. The molecule has 2 atom stereocenters. The molecular weight excluding hydrogens is 703 g/mol. The molecule has 3 N–H and O–H groups in total. The highest BCUT2D eigenvalue weighted by Gasteiger charge is 2.41. The van der Waals surface area contributed by atoms with Gasteiger partial charge in [-0.15, -0.1) is 11.3 Å². The fraction of sp³-hybridized carbons (Fsp3) is 0.561. The van der Waals surface area contributed by atoms with Crippen LogP contribution in [0.25, 0.3) is 32.3 Å². The fourth-order valence-electron chi connectivity index (χ4n) is 7.52.